The Labute approximate surface area is 89.6 Å². The summed E-state index contributed by atoms with van der Waals surface area (Å²) in [5.74, 6) is 0.765. The summed E-state index contributed by atoms with van der Waals surface area (Å²) in [7, 11) is 1.40. The highest BCUT2D eigenvalue weighted by molar-refractivity contribution is 5.69. The molecule has 1 aromatic rings. The first-order valence-electron chi connectivity index (χ1n) is 5.05. The van der Waals surface area contributed by atoms with Gasteiger partial charge in [-0.3, -0.25) is 4.79 Å². The molecule has 0 aromatic carbocycles. The van der Waals surface area contributed by atoms with Crippen LogP contribution in [0.3, 0.4) is 0 Å². The first-order chi connectivity index (χ1) is 7.22. The Morgan fingerprint density at radius 3 is 3.07 bits per heavy atom. The van der Waals surface area contributed by atoms with Gasteiger partial charge in [0.1, 0.15) is 5.76 Å². The van der Waals surface area contributed by atoms with Gasteiger partial charge in [0.15, 0.2) is 0 Å². The monoisotopic (exact) mass is 211 g/mol. The number of ether oxygens (including phenoxy) is 1. The Morgan fingerprint density at radius 1 is 1.67 bits per heavy atom. The number of hydrogen-bond acceptors (Lipinski definition) is 4. The predicted molar refractivity (Wildman–Crippen MR) is 56.5 cm³/mol. The highest BCUT2D eigenvalue weighted by Gasteiger charge is 2.07. The molecule has 1 unspecified atom stereocenters. The maximum atomic E-state index is 10.9. The highest BCUT2D eigenvalue weighted by Crippen LogP contribution is 2.00. The van der Waals surface area contributed by atoms with Crippen molar-refractivity contribution in [3.05, 3.63) is 24.2 Å². The second kappa shape index (κ2) is 6.24. The van der Waals surface area contributed by atoms with Gasteiger partial charge in [0.25, 0.3) is 0 Å². The molecular formula is C11H17NO3. The molecule has 15 heavy (non-hydrogen) atoms. The summed E-state index contributed by atoms with van der Waals surface area (Å²) >= 11 is 0. The summed E-state index contributed by atoms with van der Waals surface area (Å²) in [6, 6.07) is 3.94. The van der Waals surface area contributed by atoms with Crippen LogP contribution in [0.5, 0.6) is 0 Å². The third kappa shape index (κ3) is 4.65. The van der Waals surface area contributed by atoms with Gasteiger partial charge in [0.05, 0.1) is 19.8 Å². The lowest BCUT2D eigenvalue weighted by Gasteiger charge is -2.11. The fourth-order valence-corrected chi connectivity index (χ4v) is 1.30. The van der Waals surface area contributed by atoms with Crippen molar-refractivity contribution in [2.75, 3.05) is 13.7 Å². The molecule has 1 rings (SSSR count). The van der Waals surface area contributed by atoms with Crippen molar-refractivity contribution in [1.29, 1.82) is 0 Å². The fourth-order valence-electron chi connectivity index (χ4n) is 1.30. The summed E-state index contributed by atoms with van der Waals surface area (Å²) in [4.78, 5) is 10.9. The van der Waals surface area contributed by atoms with Crippen LogP contribution in [0, 0.1) is 0 Å². The summed E-state index contributed by atoms with van der Waals surface area (Å²) in [5.41, 5.74) is 0. The molecule has 1 atom stereocenters. The lowest BCUT2D eigenvalue weighted by molar-refractivity contribution is -0.141. The minimum atomic E-state index is -0.187. The molecular weight excluding hydrogens is 194 g/mol. The molecule has 0 radical (unpaired) electrons. The van der Waals surface area contributed by atoms with E-state index in [0.717, 1.165) is 18.7 Å². The number of carbonyl (C=O) groups is 1. The van der Waals surface area contributed by atoms with Gasteiger partial charge in [-0.2, -0.15) is 0 Å². The molecule has 0 aliphatic rings. The van der Waals surface area contributed by atoms with Crippen LogP contribution in [0.1, 0.15) is 19.1 Å². The first-order valence-corrected chi connectivity index (χ1v) is 5.05. The Hall–Kier alpha value is -1.29. The Balaban J connectivity index is 2.12. The van der Waals surface area contributed by atoms with Crippen LogP contribution in [-0.2, 0) is 16.0 Å². The van der Waals surface area contributed by atoms with E-state index in [4.69, 9.17) is 4.42 Å². The van der Waals surface area contributed by atoms with Crippen LogP contribution in [0.25, 0.3) is 0 Å². The van der Waals surface area contributed by atoms with Crippen molar-refractivity contribution < 1.29 is 13.9 Å². The van der Waals surface area contributed by atoms with Crippen molar-refractivity contribution >= 4 is 5.97 Å². The zero-order valence-corrected chi connectivity index (χ0v) is 9.16. The van der Waals surface area contributed by atoms with Gasteiger partial charge in [0, 0.05) is 19.0 Å². The molecule has 1 N–H and O–H groups in total. The Kier molecular flexibility index (Phi) is 4.90. The zero-order chi connectivity index (χ0) is 11.1. The van der Waals surface area contributed by atoms with E-state index in [9.17, 15) is 4.79 Å². The molecule has 0 fully saturated rings. The lowest BCUT2D eigenvalue weighted by Crippen LogP contribution is -2.30. The molecule has 4 nitrogen and oxygen atoms in total. The summed E-state index contributed by atoms with van der Waals surface area (Å²) in [5, 5.41) is 3.23. The number of hydrogen-bond donors (Lipinski definition) is 1. The third-order valence-corrected chi connectivity index (χ3v) is 2.14. The molecule has 0 saturated carbocycles. The molecule has 0 amide bonds. The number of carbonyl (C=O) groups excluding carboxylic acids is 1. The molecule has 84 valence electrons. The van der Waals surface area contributed by atoms with Crippen LogP contribution in [0.15, 0.2) is 22.8 Å². The fraction of sp³-hybridized carbons (Fsp3) is 0.545. The number of furan rings is 1. The van der Waals surface area contributed by atoms with E-state index in [-0.39, 0.29) is 12.0 Å². The maximum absolute atomic E-state index is 10.9. The van der Waals surface area contributed by atoms with Gasteiger partial charge in [-0.25, -0.2) is 0 Å². The molecule has 0 aliphatic heterocycles. The molecule has 0 aliphatic carbocycles. The van der Waals surface area contributed by atoms with Crippen LogP contribution in [0.4, 0.5) is 0 Å². The van der Waals surface area contributed by atoms with E-state index in [2.05, 4.69) is 10.1 Å². The third-order valence-electron chi connectivity index (χ3n) is 2.14. The SMILES string of the molecule is COC(=O)CC(C)NCCc1ccco1. The predicted octanol–water partition coefficient (Wildman–Crippen LogP) is 1.36. The lowest BCUT2D eigenvalue weighted by atomic mass is 10.2. The van der Waals surface area contributed by atoms with Crippen molar-refractivity contribution in [2.24, 2.45) is 0 Å². The van der Waals surface area contributed by atoms with Crippen molar-refractivity contribution in [3.8, 4) is 0 Å². The maximum Gasteiger partial charge on any atom is 0.307 e. The van der Waals surface area contributed by atoms with E-state index < -0.39 is 0 Å². The van der Waals surface area contributed by atoms with Crippen LogP contribution in [0.2, 0.25) is 0 Å². The average molecular weight is 211 g/mol. The molecule has 0 spiro atoms. The second-order valence-corrected chi connectivity index (χ2v) is 3.46. The standard InChI is InChI=1S/C11H17NO3/c1-9(8-11(13)14-2)12-6-5-10-4-3-7-15-10/h3-4,7,9,12H,5-6,8H2,1-2H3. The molecule has 1 heterocycles. The van der Waals surface area contributed by atoms with E-state index in [0.29, 0.717) is 6.42 Å². The van der Waals surface area contributed by atoms with Crippen molar-refractivity contribution in [3.63, 3.8) is 0 Å². The van der Waals surface area contributed by atoms with E-state index in [1.165, 1.54) is 7.11 Å². The van der Waals surface area contributed by atoms with Gasteiger partial charge >= 0.3 is 5.97 Å². The number of esters is 1. The smallest absolute Gasteiger partial charge is 0.307 e. The normalized spacial score (nSPS) is 12.4. The van der Waals surface area contributed by atoms with Crippen molar-refractivity contribution in [2.45, 2.75) is 25.8 Å². The molecule has 1 aromatic heterocycles. The Bertz CT molecular complexity index is 282. The molecule has 4 heteroatoms. The topological polar surface area (TPSA) is 51.5 Å². The minimum Gasteiger partial charge on any atom is -0.469 e. The van der Waals surface area contributed by atoms with Gasteiger partial charge in [-0.15, -0.1) is 0 Å². The summed E-state index contributed by atoms with van der Waals surface area (Å²) in [6.07, 6.45) is 2.89. The number of nitrogens with one attached hydrogen (secondary N) is 1. The number of methoxy groups -OCH3 is 1. The van der Waals surface area contributed by atoms with Crippen LogP contribution >= 0.6 is 0 Å². The molecule has 0 bridgehead atoms. The van der Waals surface area contributed by atoms with Gasteiger partial charge in [-0.05, 0) is 19.1 Å². The minimum absolute atomic E-state index is 0.132. The Morgan fingerprint density at radius 2 is 2.47 bits per heavy atom. The molecule has 0 saturated heterocycles. The highest BCUT2D eigenvalue weighted by atomic mass is 16.5. The van der Waals surface area contributed by atoms with Crippen molar-refractivity contribution in [1.82, 2.24) is 5.32 Å². The quantitative estimate of drug-likeness (QED) is 0.722. The first kappa shape index (κ1) is 11.8. The summed E-state index contributed by atoms with van der Waals surface area (Å²) in [6.45, 7) is 2.75. The van der Waals surface area contributed by atoms with Gasteiger partial charge in [0.2, 0.25) is 0 Å². The van der Waals surface area contributed by atoms with E-state index >= 15 is 0 Å². The largest absolute Gasteiger partial charge is 0.469 e. The average Bonchev–Trinajstić information content (AvgIpc) is 2.70. The van der Waals surface area contributed by atoms with Crippen LogP contribution < -0.4 is 5.32 Å². The van der Waals surface area contributed by atoms with Crippen LogP contribution in [-0.4, -0.2) is 25.7 Å². The second-order valence-electron chi connectivity index (χ2n) is 3.46. The summed E-state index contributed by atoms with van der Waals surface area (Å²) < 4.78 is 9.76. The van der Waals surface area contributed by atoms with Gasteiger partial charge in [-0.1, -0.05) is 0 Å². The van der Waals surface area contributed by atoms with E-state index in [1.54, 1.807) is 6.26 Å². The van der Waals surface area contributed by atoms with Gasteiger partial charge < -0.3 is 14.5 Å². The van der Waals surface area contributed by atoms with E-state index in [1.807, 2.05) is 19.1 Å². The number of rotatable bonds is 6. The zero-order valence-electron chi connectivity index (χ0n) is 9.16.